The highest BCUT2D eigenvalue weighted by Gasteiger charge is 2.07. The van der Waals surface area contributed by atoms with Crippen LogP contribution in [0.4, 0.5) is 0 Å². The molecular formula is C8H11BrN2. The molecule has 0 saturated heterocycles. The topological polar surface area (TPSA) is 38.9 Å². The maximum Gasteiger partial charge on any atom is 0.0413 e. The molecule has 0 fully saturated rings. The Morgan fingerprint density at radius 3 is 2.55 bits per heavy atom. The number of hydrogen-bond acceptors (Lipinski definition) is 2. The zero-order valence-corrected chi connectivity index (χ0v) is 8.22. The maximum atomic E-state index is 5.76. The lowest BCUT2D eigenvalue weighted by atomic mass is 10.1. The summed E-state index contributed by atoms with van der Waals surface area (Å²) in [6, 6.07) is 0.0624. The number of pyridine rings is 1. The standard InChI is InChI=1S/C8H11BrN2/c1-5-3-11-4-7(9)8(5)6(2)10/h3-4,6H,10H2,1-2H3. The van der Waals surface area contributed by atoms with Crippen molar-refractivity contribution in [3.63, 3.8) is 0 Å². The minimum Gasteiger partial charge on any atom is -0.324 e. The first-order valence-electron chi connectivity index (χ1n) is 3.48. The zero-order valence-electron chi connectivity index (χ0n) is 6.63. The van der Waals surface area contributed by atoms with E-state index in [0.717, 1.165) is 15.6 Å². The van der Waals surface area contributed by atoms with E-state index in [4.69, 9.17) is 5.73 Å². The summed E-state index contributed by atoms with van der Waals surface area (Å²) in [5, 5.41) is 0. The van der Waals surface area contributed by atoms with Gasteiger partial charge in [0.25, 0.3) is 0 Å². The summed E-state index contributed by atoms with van der Waals surface area (Å²) in [5.41, 5.74) is 8.03. The SMILES string of the molecule is Cc1cncc(Br)c1C(C)N. The van der Waals surface area contributed by atoms with Crippen LogP contribution in [-0.2, 0) is 0 Å². The molecule has 1 heterocycles. The van der Waals surface area contributed by atoms with Gasteiger partial charge in [0.15, 0.2) is 0 Å². The lowest BCUT2D eigenvalue weighted by Gasteiger charge is -2.10. The van der Waals surface area contributed by atoms with E-state index in [1.165, 1.54) is 0 Å². The van der Waals surface area contributed by atoms with Gasteiger partial charge in [0, 0.05) is 22.9 Å². The van der Waals surface area contributed by atoms with Crippen molar-refractivity contribution >= 4 is 15.9 Å². The third kappa shape index (κ3) is 1.79. The Morgan fingerprint density at radius 1 is 1.55 bits per heavy atom. The van der Waals surface area contributed by atoms with Crippen molar-refractivity contribution in [2.45, 2.75) is 19.9 Å². The van der Waals surface area contributed by atoms with E-state index >= 15 is 0 Å². The van der Waals surface area contributed by atoms with Crippen molar-refractivity contribution in [2.75, 3.05) is 0 Å². The van der Waals surface area contributed by atoms with Crippen molar-refractivity contribution in [1.82, 2.24) is 4.98 Å². The number of nitrogens with two attached hydrogens (primary N) is 1. The Hall–Kier alpha value is -0.410. The summed E-state index contributed by atoms with van der Waals surface area (Å²) in [6.45, 7) is 3.98. The van der Waals surface area contributed by atoms with Gasteiger partial charge in [-0.25, -0.2) is 0 Å². The monoisotopic (exact) mass is 214 g/mol. The summed E-state index contributed by atoms with van der Waals surface area (Å²) < 4.78 is 0.993. The van der Waals surface area contributed by atoms with Crippen molar-refractivity contribution in [3.05, 3.63) is 28.0 Å². The van der Waals surface area contributed by atoms with E-state index in [1.807, 2.05) is 20.0 Å². The molecule has 3 heteroatoms. The number of halogens is 1. The van der Waals surface area contributed by atoms with Gasteiger partial charge in [-0.2, -0.15) is 0 Å². The van der Waals surface area contributed by atoms with Crippen LogP contribution in [0.3, 0.4) is 0 Å². The fourth-order valence-corrected chi connectivity index (χ4v) is 1.91. The van der Waals surface area contributed by atoms with Crippen LogP contribution in [0, 0.1) is 6.92 Å². The second-order valence-corrected chi connectivity index (χ2v) is 3.49. The van der Waals surface area contributed by atoms with Gasteiger partial charge in [0.05, 0.1) is 0 Å². The highest BCUT2D eigenvalue weighted by molar-refractivity contribution is 9.10. The van der Waals surface area contributed by atoms with Crippen LogP contribution < -0.4 is 5.73 Å². The molecule has 0 aromatic carbocycles. The van der Waals surface area contributed by atoms with Crippen LogP contribution in [0.1, 0.15) is 24.1 Å². The molecule has 1 aromatic heterocycles. The molecule has 2 nitrogen and oxygen atoms in total. The summed E-state index contributed by atoms with van der Waals surface area (Å²) in [5.74, 6) is 0. The molecule has 1 aromatic rings. The quantitative estimate of drug-likeness (QED) is 0.779. The van der Waals surface area contributed by atoms with E-state index in [9.17, 15) is 0 Å². The lowest BCUT2D eigenvalue weighted by molar-refractivity contribution is 0.800. The average Bonchev–Trinajstić information content (AvgIpc) is 1.85. The second kappa shape index (κ2) is 3.32. The molecule has 1 unspecified atom stereocenters. The van der Waals surface area contributed by atoms with E-state index in [1.54, 1.807) is 6.20 Å². The van der Waals surface area contributed by atoms with Crippen LogP contribution in [0.25, 0.3) is 0 Å². The fourth-order valence-electron chi connectivity index (χ4n) is 1.12. The van der Waals surface area contributed by atoms with Gasteiger partial charge < -0.3 is 5.73 Å². The minimum atomic E-state index is 0.0624. The fraction of sp³-hybridized carbons (Fsp3) is 0.375. The van der Waals surface area contributed by atoms with E-state index < -0.39 is 0 Å². The molecule has 1 atom stereocenters. The first-order valence-corrected chi connectivity index (χ1v) is 4.28. The predicted molar refractivity (Wildman–Crippen MR) is 49.3 cm³/mol. The zero-order chi connectivity index (χ0) is 8.43. The number of nitrogens with zero attached hydrogens (tertiary/aromatic N) is 1. The first kappa shape index (κ1) is 8.68. The van der Waals surface area contributed by atoms with Gasteiger partial charge in [-0.1, -0.05) is 0 Å². The molecule has 0 aliphatic rings. The molecule has 2 N–H and O–H groups in total. The van der Waals surface area contributed by atoms with Crippen LogP contribution in [0.2, 0.25) is 0 Å². The average molecular weight is 215 g/mol. The van der Waals surface area contributed by atoms with Crippen LogP contribution >= 0.6 is 15.9 Å². The summed E-state index contributed by atoms with van der Waals surface area (Å²) >= 11 is 3.41. The summed E-state index contributed by atoms with van der Waals surface area (Å²) in [4.78, 5) is 4.02. The predicted octanol–water partition coefficient (Wildman–Crippen LogP) is 2.17. The third-order valence-corrected chi connectivity index (χ3v) is 2.23. The number of aryl methyl sites for hydroxylation is 1. The first-order chi connectivity index (χ1) is 5.13. The Labute approximate surface area is 75.0 Å². The lowest BCUT2D eigenvalue weighted by Crippen LogP contribution is -2.08. The van der Waals surface area contributed by atoms with E-state index in [0.29, 0.717) is 0 Å². The molecule has 0 bridgehead atoms. The minimum absolute atomic E-state index is 0.0624. The van der Waals surface area contributed by atoms with Crippen molar-refractivity contribution in [1.29, 1.82) is 0 Å². The largest absolute Gasteiger partial charge is 0.324 e. The van der Waals surface area contributed by atoms with Gasteiger partial charge in [-0.15, -0.1) is 0 Å². The molecule has 0 saturated carbocycles. The number of aromatic nitrogens is 1. The van der Waals surface area contributed by atoms with Gasteiger partial charge in [-0.3, -0.25) is 4.98 Å². The molecule has 0 amide bonds. The number of hydrogen-bond donors (Lipinski definition) is 1. The molecule has 1 rings (SSSR count). The van der Waals surface area contributed by atoms with Crippen LogP contribution in [0.5, 0.6) is 0 Å². The Morgan fingerprint density at radius 2 is 2.18 bits per heavy atom. The Bertz CT molecular complexity index is 238. The molecular weight excluding hydrogens is 204 g/mol. The molecule has 0 spiro atoms. The van der Waals surface area contributed by atoms with E-state index in [-0.39, 0.29) is 6.04 Å². The Balaban J connectivity index is 3.21. The maximum absolute atomic E-state index is 5.76. The van der Waals surface area contributed by atoms with Crippen molar-refractivity contribution < 1.29 is 0 Å². The van der Waals surface area contributed by atoms with Crippen LogP contribution in [-0.4, -0.2) is 4.98 Å². The molecule has 0 aliphatic carbocycles. The molecule has 0 radical (unpaired) electrons. The molecule has 11 heavy (non-hydrogen) atoms. The van der Waals surface area contributed by atoms with Crippen LogP contribution in [0.15, 0.2) is 16.9 Å². The summed E-state index contributed by atoms with van der Waals surface area (Å²) in [6.07, 6.45) is 3.59. The third-order valence-electron chi connectivity index (χ3n) is 1.59. The van der Waals surface area contributed by atoms with Crippen molar-refractivity contribution in [2.24, 2.45) is 5.73 Å². The van der Waals surface area contributed by atoms with E-state index in [2.05, 4.69) is 20.9 Å². The second-order valence-electron chi connectivity index (χ2n) is 2.64. The van der Waals surface area contributed by atoms with Gasteiger partial charge in [0.1, 0.15) is 0 Å². The number of rotatable bonds is 1. The Kier molecular flexibility index (Phi) is 2.62. The smallest absolute Gasteiger partial charge is 0.0413 e. The van der Waals surface area contributed by atoms with Gasteiger partial charge >= 0.3 is 0 Å². The van der Waals surface area contributed by atoms with Gasteiger partial charge in [-0.05, 0) is 40.9 Å². The molecule has 0 aliphatic heterocycles. The van der Waals surface area contributed by atoms with Gasteiger partial charge in [0.2, 0.25) is 0 Å². The van der Waals surface area contributed by atoms with Crippen molar-refractivity contribution in [3.8, 4) is 0 Å². The normalized spacial score (nSPS) is 13.1. The summed E-state index contributed by atoms with van der Waals surface area (Å²) in [7, 11) is 0. The highest BCUT2D eigenvalue weighted by Crippen LogP contribution is 2.23. The molecule has 60 valence electrons. The highest BCUT2D eigenvalue weighted by atomic mass is 79.9.